The minimum absolute atomic E-state index is 0.238. The molecule has 0 heterocycles. The van der Waals surface area contributed by atoms with Gasteiger partial charge in [0.25, 0.3) is 0 Å². The number of rotatable bonds is 1. The predicted octanol–water partition coefficient (Wildman–Crippen LogP) is 1.07. The van der Waals surface area contributed by atoms with Gasteiger partial charge in [-0.2, -0.15) is 0 Å². The molecule has 1 aromatic carbocycles. The third-order valence-corrected chi connectivity index (χ3v) is 1.32. The highest BCUT2D eigenvalue weighted by atomic mass is 32.1. The van der Waals surface area contributed by atoms with Crippen molar-refractivity contribution in [2.75, 3.05) is 0 Å². The van der Waals surface area contributed by atoms with Crippen LogP contribution in [0.4, 0.5) is 4.39 Å². The SMILES string of the molecule is O=S=[C]c1ccc(F)cc1. The van der Waals surface area contributed by atoms with E-state index >= 15 is 0 Å². The molecule has 10 heavy (non-hydrogen) atoms. The van der Waals surface area contributed by atoms with Gasteiger partial charge in [0.1, 0.15) is 5.82 Å². The van der Waals surface area contributed by atoms with E-state index in [1.165, 1.54) is 24.3 Å². The topological polar surface area (TPSA) is 17.1 Å². The molecule has 0 saturated carbocycles. The summed E-state index contributed by atoms with van der Waals surface area (Å²) in [5, 5.41) is 2.43. The molecule has 0 bridgehead atoms. The van der Waals surface area contributed by atoms with Crippen LogP contribution in [-0.4, -0.2) is 9.58 Å². The zero-order valence-electron chi connectivity index (χ0n) is 5.00. The highest BCUT2D eigenvalue weighted by Crippen LogP contribution is 1.98. The Hall–Kier alpha value is -0.960. The third kappa shape index (κ3) is 1.77. The summed E-state index contributed by atoms with van der Waals surface area (Å²) in [6.07, 6.45) is 0. The lowest BCUT2D eigenvalue weighted by Crippen LogP contribution is -1.79. The Morgan fingerprint density at radius 1 is 1.30 bits per heavy atom. The molecule has 0 aliphatic rings. The number of halogens is 1. The maximum atomic E-state index is 12.2. The van der Waals surface area contributed by atoms with Gasteiger partial charge in [0.15, 0.2) is 0 Å². The molecule has 3 heteroatoms. The molecule has 0 spiro atoms. The minimum atomic E-state index is -0.304. The van der Waals surface area contributed by atoms with Gasteiger partial charge in [0.2, 0.25) is 0 Å². The molecule has 1 rings (SSSR count). The average molecular weight is 155 g/mol. The first-order chi connectivity index (χ1) is 4.83. The lowest BCUT2D eigenvalue weighted by Gasteiger charge is -1.87. The second-order valence-electron chi connectivity index (χ2n) is 1.69. The smallest absolute Gasteiger partial charge is 0.123 e. The lowest BCUT2D eigenvalue weighted by atomic mass is 10.2. The van der Waals surface area contributed by atoms with Crippen molar-refractivity contribution in [1.29, 1.82) is 0 Å². The van der Waals surface area contributed by atoms with Crippen LogP contribution < -0.4 is 0 Å². The van der Waals surface area contributed by atoms with Crippen molar-refractivity contribution in [2.24, 2.45) is 0 Å². The Kier molecular flexibility index (Phi) is 2.34. The van der Waals surface area contributed by atoms with Crippen molar-refractivity contribution in [2.45, 2.75) is 0 Å². The predicted molar refractivity (Wildman–Crippen MR) is 38.7 cm³/mol. The van der Waals surface area contributed by atoms with E-state index in [2.05, 4.69) is 5.37 Å². The van der Waals surface area contributed by atoms with Gasteiger partial charge in [-0.25, -0.2) is 8.60 Å². The Morgan fingerprint density at radius 3 is 2.40 bits per heavy atom. The highest BCUT2D eigenvalue weighted by molar-refractivity contribution is 7.65. The van der Waals surface area contributed by atoms with Gasteiger partial charge in [-0.3, -0.25) is 0 Å². The highest BCUT2D eigenvalue weighted by Gasteiger charge is 1.88. The standard InChI is InChI=1S/C7H4FOS/c8-7-3-1-6(2-4-7)5-10-9/h1-4H. The molecular formula is C7H4FOS. The molecule has 0 amide bonds. The van der Waals surface area contributed by atoms with E-state index in [1.807, 2.05) is 0 Å². The van der Waals surface area contributed by atoms with E-state index in [-0.39, 0.29) is 17.1 Å². The van der Waals surface area contributed by atoms with Gasteiger partial charge in [-0.05, 0) is 17.7 Å². The summed E-state index contributed by atoms with van der Waals surface area (Å²) in [6, 6.07) is 5.58. The molecule has 0 aliphatic heterocycles. The fraction of sp³-hybridized carbons (Fsp3) is 0. The van der Waals surface area contributed by atoms with Gasteiger partial charge < -0.3 is 0 Å². The summed E-state index contributed by atoms with van der Waals surface area (Å²) < 4.78 is 22.1. The summed E-state index contributed by atoms with van der Waals surface area (Å²) in [6.45, 7) is 0. The van der Waals surface area contributed by atoms with Gasteiger partial charge in [0, 0.05) is 0 Å². The molecule has 1 aromatic rings. The van der Waals surface area contributed by atoms with Crippen LogP contribution in [0.25, 0.3) is 0 Å². The lowest BCUT2D eigenvalue weighted by molar-refractivity contribution is 0.628. The first-order valence-electron chi connectivity index (χ1n) is 2.63. The van der Waals surface area contributed by atoms with Crippen molar-refractivity contribution in [1.82, 2.24) is 0 Å². The Morgan fingerprint density at radius 2 is 1.90 bits per heavy atom. The van der Waals surface area contributed by atoms with E-state index in [1.54, 1.807) is 0 Å². The van der Waals surface area contributed by atoms with Crippen LogP contribution >= 0.6 is 0 Å². The Labute approximate surface area is 61.6 Å². The third-order valence-electron chi connectivity index (χ3n) is 1.00. The minimum Gasteiger partial charge on any atom is -0.212 e. The van der Waals surface area contributed by atoms with Crippen LogP contribution in [0.15, 0.2) is 24.3 Å². The molecule has 0 aliphatic carbocycles. The second-order valence-corrected chi connectivity index (χ2v) is 2.06. The van der Waals surface area contributed by atoms with Crippen LogP contribution in [0.5, 0.6) is 0 Å². The van der Waals surface area contributed by atoms with E-state index in [9.17, 15) is 8.60 Å². The summed E-state index contributed by atoms with van der Waals surface area (Å²) in [5.74, 6) is -0.304. The van der Waals surface area contributed by atoms with Crippen molar-refractivity contribution in [3.05, 3.63) is 35.6 Å². The van der Waals surface area contributed by atoms with Gasteiger partial charge >= 0.3 is 0 Å². The molecule has 0 atom stereocenters. The van der Waals surface area contributed by atoms with Gasteiger partial charge in [-0.15, -0.1) is 0 Å². The molecule has 1 nitrogen and oxygen atoms in total. The van der Waals surface area contributed by atoms with E-state index in [4.69, 9.17) is 0 Å². The van der Waals surface area contributed by atoms with Crippen LogP contribution in [0.3, 0.4) is 0 Å². The van der Waals surface area contributed by atoms with Crippen molar-refractivity contribution >= 4 is 16.6 Å². The largest absolute Gasteiger partial charge is 0.212 e. The number of hydrogen-bond acceptors (Lipinski definition) is 1. The number of hydrogen-bond donors (Lipinski definition) is 0. The molecular weight excluding hydrogens is 151 g/mol. The van der Waals surface area contributed by atoms with Gasteiger partial charge in [-0.1, -0.05) is 12.1 Å². The monoisotopic (exact) mass is 155 g/mol. The molecule has 0 saturated heterocycles. The molecule has 0 aromatic heterocycles. The van der Waals surface area contributed by atoms with E-state index in [0.29, 0.717) is 5.56 Å². The second kappa shape index (κ2) is 3.27. The Bertz CT molecular complexity index is 261. The molecule has 0 fully saturated rings. The summed E-state index contributed by atoms with van der Waals surface area (Å²) in [5.41, 5.74) is 0.612. The Balaban J connectivity index is 3.00. The average Bonchev–Trinajstić information content (AvgIpc) is 1.95. The zero-order chi connectivity index (χ0) is 7.40. The molecule has 0 unspecified atom stereocenters. The molecule has 1 radical (unpaired) electrons. The molecule has 51 valence electrons. The fourth-order valence-electron chi connectivity index (χ4n) is 0.566. The van der Waals surface area contributed by atoms with Crippen LogP contribution in [0.2, 0.25) is 0 Å². The maximum absolute atomic E-state index is 12.2. The van der Waals surface area contributed by atoms with Crippen LogP contribution in [0.1, 0.15) is 5.56 Å². The van der Waals surface area contributed by atoms with Crippen molar-refractivity contribution in [3.63, 3.8) is 0 Å². The maximum Gasteiger partial charge on any atom is 0.123 e. The summed E-state index contributed by atoms with van der Waals surface area (Å²) >= 11 is 0.238. The summed E-state index contributed by atoms with van der Waals surface area (Å²) in [4.78, 5) is 0. The van der Waals surface area contributed by atoms with Crippen LogP contribution in [-0.2, 0) is 11.3 Å². The zero-order valence-corrected chi connectivity index (χ0v) is 5.82. The van der Waals surface area contributed by atoms with Crippen molar-refractivity contribution in [3.8, 4) is 0 Å². The van der Waals surface area contributed by atoms with Crippen LogP contribution in [0, 0.1) is 5.82 Å². The quantitative estimate of drug-likeness (QED) is 0.554. The number of benzene rings is 1. The van der Waals surface area contributed by atoms with Crippen molar-refractivity contribution < 1.29 is 8.60 Å². The molecule has 0 N–H and O–H groups in total. The van der Waals surface area contributed by atoms with Gasteiger partial charge in [0.05, 0.1) is 16.6 Å². The normalized spacial score (nSPS) is 8.90. The van der Waals surface area contributed by atoms with E-state index in [0.717, 1.165) is 0 Å². The summed E-state index contributed by atoms with van der Waals surface area (Å²) in [7, 11) is 0. The fourth-order valence-corrected chi connectivity index (χ4v) is 0.798. The first kappa shape index (κ1) is 7.15. The first-order valence-corrected chi connectivity index (χ1v) is 3.37. The van der Waals surface area contributed by atoms with E-state index < -0.39 is 0 Å².